The molecule has 0 radical (unpaired) electrons. The minimum atomic E-state index is -0.0981. The largest absolute Gasteiger partial charge is 0.322 e. The number of carbonyl (C=O) groups is 1. The molecule has 0 bridgehead atoms. The van der Waals surface area contributed by atoms with Gasteiger partial charge in [-0.25, -0.2) is 0 Å². The molecule has 0 heterocycles. The van der Waals surface area contributed by atoms with Crippen molar-refractivity contribution in [3.63, 3.8) is 0 Å². The Labute approximate surface area is 124 Å². The fraction of sp³-hybridized carbons (Fsp3) is 0.188. The van der Waals surface area contributed by atoms with Gasteiger partial charge in [0, 0.05) is 16.3 Å². The summed E-state index contributed by atoms with van der Waals surface area (Å²) in [6, 6.07) is 14.7. The smallest absolute Gasteiger partial charge is 0.255 e. The van der Waals surface area contributed by atoms with Crippen LogP contribution in [-0.4, -0.2) is 19.5 Å². The van der Waals surface area contributed by atoms with Crippen LogP contribution in [0.3, 0.4) is 0 Å². The molecular weight excluding hydrogens is 272 g/mol. The van der Waals surface area contributed by atoms with E-state index in [9.17, 15) is 4.79 Å². The normalized spacial score (nSPS) is 10.3. The van der Waals surface area contributed by atoms with Crippen molar-refractivity contribution < 1.29 is 4.79 Å². The molecule has 4 heteroatoms. The Kier molecular flexibility index (Phi) is 5.16. The second-order valence-corrected chi connectivity index (χ2v) is 4.91. The molecule has 0 saturated heterocycles. The van der Waals surface area contributed by atoms with Crippen LogP contribution >= 0.6 is 11.6 Å². The van der Waals surface area contributed by atoms with Crippen LogP contribution in [0.1, 0.15) is 15.9 Å². The molecular formula is C16H17ClN2O. The summed E-state index contributed by atoms with van der Waals surface area (Å²) in [5.74, 6) is -0.0981. The fourth-order valence-corrected chi connectivity index (χ4v) is 2.08. The number of rotatable bonds is 5. The number of anilines is 1. The van der Waals surface area contributed by atoms with Crippen LogP contribution in [0.5, 0.6) is 0 Å². The van der Waals surface area contributed by atoms with Crippen LogP contribution in [0.15, 0.2) is 48.5 Å². The van der Waals surface area contributed by atoms with Gasteiger partial charge in [0.1, 0.15) is 0 Å². The first-order valence-electron chi connectivity index (χ1n) is 6.50. The standard InChI is InChI=1S/C16H17ClN2O/c1-18-11-10-12-4-2-3-5-15(12)16(20)19-14-8-6-13(17)7-9-14/h2-9,18H,10-11H2,1H3,(H,19,20). The molecule has 3 nitrogen and oxygen atoms in total. The molecule has 0 aliphatic rings. The molecule has 2 aromatic carbocycles. The Balaban J connectivity index is 2.14. The Bertz CT molecular complexity index is 581. The molecule has 0 saturated carbocycles. The molecule has 20 heavy (non-hydrogen) atoms. The van der Waals surface area contributed by atoms with E-state index in [0.717, 1.165) is 24.2 Å². The summed E-state index contributed by atoms with van der Waals surface area (Å²) in [4.78, 5) is 12.3. The van der Waals surface area contributed by atoms with E-state index in [4.69, 9.17) is 11.6 Å². The SMILES string of the molecule is CNCCc1ccccc1C(=O)Nc1ccc(Cl)cc1. The summed E-state index contributed by atoms with van der Waals surface area (Å²) in [5.41, 5.74) is 2.48. The lowest BCUT2D eigenvalue weighted by molar-refractivity contribution is 0.102. The van der Waals surface area contributed by atoms with Gasteiger partial charge in [-0.3, -0.25) is 4.79 Å². The number of carbonyl (C=O) groups excluding carboxylic acids is 1. The van der Waals surface area contributed by atoms with Crippen LogP contribution in [0.4, 0.5) is 5.69 Å². The van der Waals surface area contributed by atoms with E-state index >= 15 is 0 Å². The van der Waals surface area contributed by atoms with E-state index in [0.29, 0.717) is 10.6 Å². The van der Waals surface area contributed by atoms with Gasteiger partial charge in [0.15, 0.2) is 0 Å². The molecule has 0 atom stereocenters. The highest BCUT2D eigenvalue weighted by Gasteiger charge is 2.10. The summed E-state index contributed by atoms with van der Waals surface area (Å²) in [6.45, 7) is 0.839. The Morgan fingerprint density at radius 1 is 1.10 bits per heavy atom. The van der Waals surface area contributed by atoms with Gasteiger partial charge < -0.3 is 10.6 Å². The second-order valence-electron chi connectivity index (χ2n) is 4.47. The maximum atomic E-state index is 12.3. The molecule has 104 valence electrons. The van der Waals surface area contributed by atoms with Crippen LogP contribution in [0, 0.1) is 0 Å². The van der Waals surface area contributed by atoms with E-state index in [1.165, 1.54) is 0 Å². The van der Waals surface area contributed by atoms with Gasteiger partial charge in [-0.2, -0.15) is 0 Å². The summed E-state index contributed by atoms with van der Waals surface area (Å²) >= 11 is 5.83. The van der Waals surface area contributed by atoms with E-state index < -0.39 is 0 Å². The lowest BCUT2D eigenvalue weighted by atomic mass is 10.0. The Morgan fingerprint density at radius 3 is 2.50 bits per heavy atom. The molecule has 2 aromatic rings. The van der Waals surface area contributed by atoms with Crippen LogP contribution in [-0.2, 0) is 6.42 Å². The number of hydrogen-bond acceptors (Lipinski definition) is 2. The molecule has 0 aliphatic heterocycles. The molecule has 2 rings (SSSR count). The second kappa shape index (κ2) is 7.08. The van der Waals surface area contributed by atoms with Gasteiger partial charge in [0.05, 0.1) is 0 Å². The van der Waals surface area contributed by atoms with Gasteiger partial charge in [0.25, 0.3) is 5.91 Å². The predicted octanol–water partition coefficient (Wildman–Crippen LogP) is 3.35. The average Bonchev–Trinajstić information content (AvgIpc) is 2.47. The average molecular weight is 289 g/mol. The topological polar surface area (TPSA) is 41.1 Å². The molecule has 0 unspecified atom stereocenters. The molecule has 0 aromatic heterocycles. The zero-order chi connectivity index (χ0) is 14.4. The molecule has 2 N–H and O–H groups in total. The van der Waals surface area contributed by atoms with Crippen molar-refractivity contribution in [3.05, 3.63) is 64.7 Å². The predicted molar refractivity (Wildman–Crippen MR) is 83.5 cm³/mol. The Morgan fingerprint density at radius 2 is 1.80 bits per heavy atom. The first-order valence-corrected chi connectivity index (χ1v) is 6.88. The first kappa shape index (κ1) is 14.6. The lowest BCUT2D eigenvalue weighted by Crippen LogP contribution is -2.17. The third kappa shape index (κ3) is 3.83. The van der Waals surface area contributed by atoms with Crippen molar-refractivity contribution in [2.45, 2.75) is 6.42 Å². The lowest BCUT2D eigenvalue weighted by Gasteiger charge is -2.10. The minimum absolute atomic E-state index is 0.0981. The summed E-state index contributed by atoms with van der Waals surface area (Å²) in [5, 5.41) is 6.63. The minimum Gasteiger partial charge on any atom is -0.322 e. The summed E-state index contributed by atoms with van der Waals surface area (Å²) < 4.78 is 0. The van der Waals surface area contributed by atoms with Crippen LogP contribution in [0.25, 0.3) is 0 Å². The van der Waals surface area contributed by atoms with Crippen molar-refractivity contribution in [2.24, 2.45) is 0 Å². The number of benzene rings is 2. The third-order valence-electron chi connectivity index (χ3n) is 3.01. The number of hydrogen-bond donors (Lipinski definition) is 2. The fourth-order valence-electron chi connectivity index (χ4n) is 1.95. The third-order valence-corrected chi connectivity index (χ3v) is 3.26. The highest BCUT2D eigenvalue weighted by atomic mass is 35.5. The van der Waals surface area contributed by atoms with Crippen molar-refractivity contribution in [1.29, 1.82) is 0 Å². The molecule has 0 spiro atoms. The van der Waals surface area contributed by atoms with Gasteiger partial charge >= 0.3 is 0 Å². The molecule has 0 fully saturated rings. The number of nitrogens with one attached hydrogen (secondary N) is 2. The highest BCUT2D eigenvalue weighted by Crippen LogP contribution is 2.16. The zero-order valence-electron chi connectivity index (χ0n) is 11.3. The summed E-state index contributed by atoms with van der Waals surface area (Å²) in [6.07, 6.45) is 0.820. The van der Waals surface area contributed by atoms with Crippen LogP contribution in [0.2, 0.25) is 5.02 Å². The molecule has 0 aliphatic carbocycles. The first-order chi connectivity index (χ1) is 9.70. The Hall–Kier alpha value is -1.84. The monoisotopic (exact) mass is 288 g/mol. The van der Waals surface area contributed by atoms with E-state index in [1.807, 2.05) is 31.3 Å². The number of likely N-dealkylation sites (N-methyl/N-ethyl adjacent to an activating group) is 1. The van der Waals surface area contributed by atoms with E-state index in [1.54, 1.807) is 24.3 Å². The molecule has 1 amide bonds. The number of halogens is 1. The zero-order valence-corrected chi connectivity index (χ0v) is 12.1. The van der Waals surface area contributed by atoms with Crippen molar-refractivity contribution in [1.82, 2.24) is 5.32 Å². The maximum Gasteiger partial charge on any atom is 0.255 e. The van der Waals surface area contributed by atoms with E-state index in [2.05, 4.69) is 10.6 Å². The number of amides is 1. The van der Waals surface area contributed by atoms with Crippen molar-refractivity contribution >= 4 is 23.2 Å². The quantitative estimate of drug-likeness (QED) is 0.886. The highest BCUT2D eigenvalue weighted by molar-refractivity contribution is 6.30. The van der Waals surface area contributed by atoms with Gasteiger partial charge in [-0.15, -0.1) is 0 Å². The van der Waals surface area contributed by atoms with Gasteiger partial charge in [0.2, 0.25) is 0 Å². The van der Waals surface area contributed by atoms with E-state index in [-0.39, 0.29) is 5.91 Å². The van der Waals surface area contributed by atoms with Crippen LogP contribution < -0.4 is 10.6 Å². The van der Waals surface area contributed by atoms with Crippen molar-refractivity contribution in [3.8, 4) is 0 Å². The van der Waals surface area contributed by atoms with Gasteiger partial charge in [-0.1, -0.05) is 29.8 Å². The maximum absolute atomic E-state index is 12.3. The van der Waals surface area contributed by atoms with Gasteiger partial charge in [-0.05, 0) is 55.9 Å². The van der Waals surface area contributed by atoms with Crippen molar-refractivity contribution in [2.75, 3.05) is 18.9 Å². The summed E-state index contributed by atoms with van der Waals surface area (Å²) in [7, 11) is 1.90.